The highest BCUT2D eigenvalue weighted by molar-refractivity contribution is 5.84. The third-order valence-electron chi connectivity index (χ3n) is 9.61. The van der Waals surface area contributed by atoms with Crippen molar-refractivity contribution >= 4 is 23.1 Å². The first-order chi connectivity index (χ1) is 23.0. The summed E-state index contributed by atoms with van der Waals surface area (Å²) in [4.78, 5) is 46.3. The van der Waals surface area contributed by atoms with Crippen LogP contribution in [-0.4, -0.2) is 102 Å². The molecule has 3 aromatic heterocycles. The first-order valence-corrected chi connectivity index (χ1v) is 16.6. The van der Waals surface area contributed by atoms with Gasteiger partial charge in [0.05, 0.1) is 11.9 Å². The number of benzene rings is 1. The van der Waals surface area contributed by atoms with Crippen LogP contribution in [0.4, 0.5) is 15.0 Å². The van der Waals surface area contributed by atoms with Crippen molar-refractivity contribution in [2.75, 3.05) is 45.0 Å². The van der Waals surface area contributed by atoms with Crippen LogP contribution in [0.3, 0.4) is 0 Å². The monoisotopic (exact) mass is 659 g/mol. The molecule has 1 amide bonds. The lowest BCUT2D eigenvalue weighted by Gasteiger charge is -2.49. The van der Waals surface area contributed by atoms with Gasteiger partial charge in [0.2, 0.25) is 5.88 Å². The van der Waals surface area contributed by atoms with Gasteiger partial charge in [-0.3, -0.25) is 14.0 Å². The molecule has 14 heteroatoms. The van der Waals surface area contributed by atoms with Crippen LogP contribution in [-0.2, 0) is 4.74 Å². The number of amides is 1. The predicted octanol–water partition coefficient (Wildman–Crippen LogP) is 4.21. The largest absolute Gasteiger partial charge is 0.444 e. The fourth-order valence-electron chi connectivity index (χ4n) is 7.11. The Bertz CT molecular complexity index is 1810. The summed E-state index contributed by atoms with van der Waals surface area (Å²) >= 11 is 0. The number of rotatable bonds is 6. The second-order valence-corrected chi connectivity index (χ2v) is 13.9. The molecule has 48 heavy (non-hydrogen) atoms. The van der Waals surface area contributed by atoms with E-state index in [2.05, 4.69) is 24.8 Å². The Morgan fingerprint density at radius 2 is 1.52 bits per heavy atom. The number of nitrogen functional groups attached to an aromatic ring is 1. The quantitative estimate of drug-likeness (QED) is 0.321. The zero-order valence-electron chi connectivity index (χ0n) is 27.6. The summed E-state index contributed by atoms with van der Waals surface area (Å²) in [5.41, 5.74) is 7.08. The van der Waals surface area contributed by atoms with Gasteiger partial charge in [-0.25, -0.2) is 28.9 Å². The van der Waals surface area contributed by atoms with E-state index in [1.165, 1.54) is 35.2 Å². The summed E-state index contributed by atoms with van der Waals surface area (Å²) in [6, 6.07) is 9.92. The van der Waals surface area contributed by atoms with E-state index >= 15 is 0 Å². The molecular weight excluding hydrogens is 617 g/mol. The van der Waals surface area contributed by atoms with Gasteiger partial charge in [-0.05, 0) is 76.8 Å². The molecular formula is C34H42FN9O4. The Morgan fingerprint density at radius 3 is 2.15 bits per heavy atom. The Kier molecular flexibility index (Phi) is 8.54. The lowest BCUT2D eigenvalue weighted by Crippen LogP contribution is -2.63. The summed E-state index contributed by atoms with van der Waals surface area (Å²) in [5, 5.41) is 0. The molecule has 6 heterocycles. The van der Waals surface area contributed by atoms with Crippen molar-refractivity contribution in [3.63, 3.8) is 0 Å². The Morgan fingerprint density at radius 1 is 0.875 bits per heavy atom. The SMILES string of the molecule is CC(C)(C)OC(=O)N1CC(N2CCC(N3CCC(n4c(=O)n(-c5ccc(Oc6ccc(F)cc6)nc5)c5c(N)ncnc54)CC3)CC2)C1. The minimum absolute atomic E-state index is 0.0326. The van der Waals surface area contributed by atoms with Crippen molar-refractivity contribution in [1.29, 1.82) is 0 Å². The molecule has 0 unspecified atom stereocenters. The standard InChI is InChI=1S/C34H42FN9O4/c1-34(2,3)48-33(46)42-19-26(20-42)41-14-10-23(11-15-41)40-16-12-24(13-17-40)44-31-29(30(36)38-21-39-31)43(32(44)45)25-6-9-28(37-18-25)47-27-7-4-22(35)5-8-27/h4-9,18,21,23-24,26H,10-17,19-20H2,1-3H3,(H2,36,38,39). The van der Waals surface area contributed by atoms with E-state index in [1.54, 1.807) is 27.8 Å². The maximum Gasteiger partial charge on any atom is 0.410 e. The maximum atomic E-state index is 14.1. The first kappa shape index (κ1) is 32.0. The van der Waals surface area contributed by atoms with Crippen LogP contribution in [0.2, 0.25) is 0 Å². The number of hydrogen-bond donors (Lipinski definition) is 1. The fourth-order valence-corrected chi connectivity index (χ4v) is 7.11. The molecule has 13 nitrogen and oxygen atoms in total. The number of carbonyl (C=O) groups excluding carboxylic acids is 1. The van der Waals surface area contributed by atoms with Crippen LogP contribution in [0.15, 0.2) is 53.7 Å². The number of aromatic nitrogens is 5. The van der Waals surface area contributed by atoms with Crippen LogP contribution in [0, 0.1) is 5.82 Å². The zero-order chi connectivity index (χ0) is 33.6. The molecule has 0 atom stereocenters. The normalized spacial score (nSPS) is 19.0. The maximum absolute atomic E-state index is 14.1. The number of nitrogens with two attached hydrogens (primary N) is 1. The Hall–Kier alpha value is -4.56. The molecule has 7 rings (SSSR count). The topological polar surface area (TPSA) is 137 Å². The third kappa shape index (κ3) is 6.46. The lowest BCUT2D eigenvalue weighted by molar-refractivity contribution is -0.0258. The van der Waals surface area contributed by atoms with Gasteiger partial charge >= 0.3 is 11.8 Å². The summed E-state index contributed by atoms with van der Waals surface area (Å²) in [7, 11) is 0. The highest BCUT2D eigenvalue weighted by atomic mass is 19.1. The van der Waals surface area contributed by atoms with Gasteiger partial charge in [0.1, 0.15) is 29.0 Å². The van der Waals surface area contributed by atoms with Gasteiger partial charge in [-0.15, -0.1) is 0 Å². The van der Waals surface area contributed by atoms with Gasteiger partial charge < -0.3 is 25.0 Å². The summed E-state index contributed by atoms with van der Waals surface area (Å²) in [6.45, 7) is 10.9. The molecule has 4 aromatic rings. The second-order valence-electron chi connectivity index (χ2n) is 13.9. The van der Waals surface area contributed by atoms with Crippen LogP contribution in [0.5, 0.6) is 11.6 Å². The van der Waals surface area contributed by atoms with Gasteiger partial charge in [0, 0.05) is 63.5 Å². The highest BCUT2D eigenvalue weighted by Gasteiger charge is 2.39. The molecule has 0 aliphatic carbocycles. The second kappa shape index (κ2) is 12.8. The number of likely N-dealkylation sites (tertiary alicyclic amines) is 3. The number of imidazole rings is 1. The number of carbonyl (C=O) groups is 1. The van der Waals surface area contributed by atoms with E-state index in [9.17, 15) is 14.0 Å². The van der Waals surface area contributed by atoms with E-state index < -0.39 is 5.60 Å². The number of hydrogen-bond acceptors (Lipinski definition) is 10. The van der Waals surface area contributed by atoms with E-state index in [0.29, 0.717) is 40.6 Å². The Labute approximate surface area is 278 Å². The zero-order valence-corrected chi connectivity index (χ0v) is 27.6. The lowest BCUT2D eigenvalue weighted by atomic mass is 9.95. The number of fused-ring (bicyclic) bond motifs is 1. The van der Waals surface area contributed by atoms with Crippen molar-refractivity contribution in [3.8, 4) is 17.3 Å². The number of ether oxygens (including phenoxy) is 2. The van der Waals surface area contributed by atoms with Crippen LogP contribution in [0.25, 0.3) is 16.9 Å². The molecule has 2 N–H and O–H groups in total. The first-order valence-electron chi connectivity index (χ1n) is 16.6. The fraction of sp³-hybridized carbons (Fsp3) is 0.500. The molecule has 3 saturated heterocycles. The molecule has 1 aromatic carbocycles. The average Bonchev–Trinajstić information content (AvgIpc) is 3.34. The molecule has 3 aliphatic rings. The van der Waals surface area contributed by atoms with Gasteiger partial charge in [-0.2, -0.15) is 0 Å². The Balaban J connectivity index is 0.988. The minimum atomic E-state index is -0.479. The number of nitrogens with zero attached hydrogens (tertiary/aromatic N) is 8. The van der Waals surface area contributed by atoms with Gasteiger partial charge in [0.15, 0.2) is 11.5 Å². The van der Waals surface area contributed by atoms with Crippen molar-refractivity contribution in [2.24, 2.45) is 0 Å². The van der Waals surface area contributed by atoms with Crippen LogP contribution < -0.4 is 16.2 Å². The summed E-state index contributed by atoms with van der Waals surface area (Å²) in [6.07, 6.45) is 6.53. The number of anilines is 1. The van der Waals surface area contributed by atoms with Crippen molar-refractivity contribution in [2.45, 2.75) is 70.2 Å². The van der Waals surface area contributed by atoms with Crippen LogP contribution >= 0.6 is 0 Å². The van der Waals surface area contributed by atoms with Crippen molar-refractivity contribution in [3.05, 3.63) is 65.2 Å². The van der Waals surface area contributed by atoms with Crippen molar-refractivity contribution in [1.82, 2.24) is 38.8 Å². The van der Waals surface area contributed by atoms with Gasteiger partial charge in [0.25, 0.3) is 0 Å². The average molecular weight is 660 g/mol. The highest BCUT2D eigenvalue weighted by Crippen LogP contribution is 2.31. The van der Waals surface area contributed by atoms with Crippen LogP contribution in [0.1, 0.15) is 52.5 Å². The molecule has 3 fully saturated rings. The molecule has 3 aliphatic heterocycles. The molecule has 0 bridgehead atoms. The van der Waals surface area contributed by atoms with E-state index in [-0.39, 0.29) is 29.5 Å². The number of halogens is 1. The number of pyridine rings is 1. The number of piperidine rings is 2. The summed E-state index contributed by atoms with van der Waals surface area (Å²) < 4.78 is 27.8. The van der Waals surface area contributed by atoms with E-state index in [0.717, 1.165) is 65.0 Å². The van der Waals surface area contributed by atoms with E-state index in [1.807, 2.05) is 20.8 Å². The smallest absolute Gasteiger partial charge is 0.410 e. The van der Waals surface area contributed by atoms with Gasteiger partial charge in [-0.1, -0.05) is 0 Å². The molecule has 0 spiro atoms. The molecule has 254 valence electrons. The van der Waals surface area contributed by atoms with Crippen molar-refractivity contribution < 1.29 is 18.7 Å². The molecule has 0 radical (unpaired) electrons. The molecule has 0 saturated carbocycles. The summed E-state index contributed by atoms with van der Waals surface area (Å²) in [5.74, 6) is 0.615. The van der Waals surface area contributed by atoms with E-state index in [4.69, 9.17) is 15.2 Å². The third-order valence-corrected chi connectivity index (χ3v) is 9.61. The minimum Gasteiger partial charge on any atom is -0.444 e. The predicted molar refractivity (Wildman–Crippen MR) is 178 cm³/mol.